The number of nitro benzene ring substituents is 1. The molecule has 1 aliphatic carbocycles. The second kappa shape index (κ2) is 7.17. The molecular weight excluding hydrogens is 388 g/mol. The molecule has 1 aliphatic heterocycles. The van der Waals surface area contributed by atoms with E-state index in [1.807, 2.05) is 36.0 Å². The molecule has 2 heterocycles. The van der Waals surface area contributed by atoms with Gasteiger partial charge in [-0.1, -0.05) is 17.2 Å². The number of benzene rings is 1. The number of pyridine rings is 1. The molecule has 0 radical (unpaired) electrons. The number of aromatic nitrogens is 1. The number of nitrogens with zero attached hydrogens (tertiary/aromatic N) is 4. The van der Waals surface area contributed by atoms with Crippen LogP contribution in [0.4, 0.5) is 5.69 Å². The van der Waals surface area contributed by atoms with Crippen molar-refractivity contribution in [3.05, 3.63) is 70.0 Å². The summed E-state index contributed by atoms with van der Waals surface area (Å²) in [5.41, 5.74) is 0.282. The molecule has 0 spiro atoms. The number of hydrogen-bond donors (Lipinski definition) is 1. The molecule has 7 nitrogen and oxygen atoms in total. The van der Waals surface area contributed by atoms with Gasteiger partial charge in [-0.3, -0.25) is 15.1 Å². The van der Waals surface area contributed by atoms with E-state index in [2.05, 4.69) is 11.1 Å². The number of non-ortho nitro benzene ring substituents is 1. The molecule has 2 aromatic rings. The van der Waals surface area contributed by atoms with Crippen molar-refractivity contribution in [1.82, 2.24) is 0 Å². The zero-order chi connectivity index (χ0) is 20.8. The Morgan fingerprint density at radius 3 is 2.59 bits per heavy atom. The molecule has 0 amide bonds. The van der Waals surface area contributed by atoms with Crippen molar-refractivity contribution in [2.45, 2.75) is 37.5 Å². The van der Waals surface area contributed by atoms with Gasteiger partial charge in [0.1, 0.15) is 0 Å². The first-order valence-electron chi connectivity index (χ1n) is 9.45. The van der Waals surface area contributed by atoms with Gasteiger partial charge < -0.3 is 17.7 Å². The third-order valence-corrected chi connectivity index (χ3v) is 6.13. The lowest BCUT2D eigenvalue weighted by atomic mass is 9.73. The fraction of sp³-hybridized carbons (Fsp3) is 0.381. The van der Waals surface area contributed by atoms with Crippen LogP contribution in [0.25, 0.3) is 0 Å². The van der Waals surface area contributed by atoms with Gasteiger partial charge >= 0.3 is 0 Å². The Bertz CT molecular complexity index is 1030. The fourth-order valence-electron chi connectivity index (χ4n) is 4.28. The predicted molar refractivity (Wildman–Crippen MR) is 108 cm³/mol. The third-order valence-electron chi connectivity index (χ3n) is 5.79. The number of aliphatic imine (C=N–C) groups is 1. The summed E-state index contributed by atoms with van der Waals surface area (Å²) in [5, 5.41) is 32.8. The summed E-state index contributed by atoms with van der Waals surface area (Å²) >= 11 is 5.43. The van der Waals surface area contributed by atoms with Gasteiger partial charge in [0.15, 0.2) is 12.4 Å². The van der Waals surface area contributed by atoms with E-state index < -0.39 is 28.5 Å². The van der Waals surface area contributed by atoms with Crippen molar-refractivity contribution >= 4 is 23.4 Å². The summed E-state index contributed by atoms with van der Waals surface area (Å²) in [4.78, 5) is 15.1. The molecule has 0 bridgehead atoms. The number of nitriles is 1. The Hall–Kier alpha value is -2.89. The number of hydrogen-bond acceptors (Lipinski definition) is 6. The van der Waals surface area contributed by atoms with Crippen molar-refractivity contribution < 1.29 is 14.6 Å². The van der Waals surface area contributed by atoms with E-state index in [1.54, 1.807) is 12.1 Å². The number of rotatable bonds is 4. The lowest BCUT2D eigenvalue weighted by molar-refractivity contribution is -0.743. The fourth-order valence-corrected chi connectivity index (χ4v) is 4.62. The van der Waals surface area contributed by atoms with E-state index >= 15 is 0 Å². The van der Waals surface area contributed by atoms with E-state index in [0.717, 1.165) is 24.0 Å². The van der Waals surface area contributed by atoms with Crippen LogP contribution < -0.4 is 4.57 Å². The van der Waals surface area contributed by atoms with Crippen molar-refractivity contribution in [3.63, 3.8) is 0 Å². The molecule has 29 heavy (non-hydrogen) atoms. The molecule has 0 unspecified atom stereocenters. The molecule has 4 rings (SSSR count). The summed E-state index contributed by atoms with van der Waals surface area (Å²) in [5.74, 6) is -1.23. The first kappa shape index (κ1) is 19.4. The van der Waals surface area contributed by atoms with Crippen LogP contribution in [-0.2, 0) is 12.6 Å². The number of aryl methyl sites for hydroxylation is 1. The van der Waals surface area contributed by atoms with Crippen LogP contribution >= 0.6 is 0 Å². The third kappa shape index (κ3) is 3.37. The SMILES string of the molecule is Cc1ccc[n+]([C@@H]2[C@H](c3ccc([N+](=O)[O-])cc3)[C@H](C#N)C([S-])=N[C@]2(O)C2CC2)c1. The Morgan fingerprint density at radius 2 is 2.03 bits per heavy atom. The monoisotopic (exact) mass is 408 g/mol. The summed E-state index contributed by atoms with van der Waals surface area (Å²) in [6, 6.07) is 11.7. The minimum Gasteiger partial charge on any atom is -0.764 e. The van der Waals surface area contributed by atoms with Crippen LogP contribution in [-0.4, -0.2) is 20.8 Å². The summed E-state index contributed by atoms with van der Waals surface area (Å²) in [6.45, 7) is 1.96. The molecule has 0 saturated heterocycles. The molecule has 1 aromatic carbocycles. The summed E-state index contributed by atoms with van der Waals surface area (Å²) in [6.07, 6.45) is 5.47. The normalized spacial score (nSPS) is 29.0. The van der Waals surface area contributed by atoms with Crippen LogP contribution in [0, 0.1) is 40.2 Å². The van der Waals surface area contributed by atoms with Gasteiger partial charge in [-0.15, -0.1) is 0 Å². The van der Waals surface area contributed by atoms with Gasteiger partial charge in [-0.2, -0.15) is 9.83 Å². The van der Waals surface area contributed by atoms with E-state index in [9.17, 15) is 20.5 Å². The van der Waals surface area contributed by atoms with Gasteiger partial charge in [-0.05, 0) is 31.4 Å². The van der Waals surface area contributed by atoms with Gasteiger partial charge in [0, 0.05) is 29.7 Å². The van der Waals surface area contributed by atoms with E-state index in [-0.39, 0.29) is 16.6 Å². The average Bonchev–Trinajstić information content (AvgIpc) is 3.53. The minimum absolute atomic E-state index is 0.0254. The smallest absolute Gasteiger partial charge is 0.269 e. The topological polar surface area (TPSA) is 103 Å². The minimum atomic E-state index is -1.42. The average molecular weight is 408 g/mol. The second-order valence-electron chi connectivity index (χ2n) is 7.76. The lowest BCUT2D eigenvalue weighted by Crippen LogP contribution is -2.60. The molecule has 8 heteroatoms. The van der Waals surface area contributed by atoms with Gasteiger partial charge in [-0.25, -0.2) is 0 Å². The Morgan fingerprint density at radius 1 is 1.34 bits per heavy atom. The van der Waals surface area contributed by atoms with Crippen LogP contribution in [0.2, 0.25) is 0 Å². The zero-order valence-corrected chi connectivity index (χ0v) is 16.6. The first-order chi connectivity index (χ1) is 13.8. The molecule has 148 valence electrons. The number of aliphatic hydroxyl groups is 1. The maximum Gasteiger partial charge on any atom is 0.269 e. The van der Waals surface area contributed by atoms with Crippen LogP contribution in [0.5, 0.6) is 0 Å². The lowest BCUT2D eigenvalue weighted by Gasteiger charge is -2.43. The quantitative estimate of drug-likeness (QED) is 0.363. The highest BCUT2D eigenvalue weighted by Gasteiger charge is 2.60. The summed E-state index contributed by atoms with van der Waals surface area (Å²) < 4.78 is 1.91. The van der Waals surface area contributed by atoms with Crippen LogP contribution in [0.3, 0.4) is 0 Å². The maximum absolute atomic E-state index is 11.7. The highest BCUT2D eigenvalue weighted by Crippen LogP contribution is 2.53. The van der Waals surface area contributed by atoms with Gasteiger partial charge in [0.25, 0.3) is 5.69 Å². The van der Waals surface area contributed by atoms with Gasteiger partial charge in [0.05, 0.1) is 22.8 Å². The van der Waals surface area contributed by atoms with Crippen molar-refractivity contribution in [1.29, 1.82) is 5.26 Å². The molecule has 4 atom stereocenters. The second-order valence-corrected chi connectivity index (χ2v) is 8.18. The Labute approximate surface area is 173 Å². The largest absolute Gasteiger partial charge is 0.764 e. The Kier molecular flexibility index (Phi) is 4.81. The maximum atomic E-state index is 11.7. The highest BCUT2D eigenvalue weighted by molar-refractivity contribution is 7.77. The van der Waals surface area contributed by atoms with E-state index in [0.29, 0.717) is 0 Å². The molecule has 1 aromatic heterocycles. The summed E-state index contributed by atoms with van der Waals surface area (Å²) in [7, 11) is 0. The van der Waals surface area contributed by atoms with Gasteiger partial charge in [0.2, 0.25) is 11.8 Å². The van der Waals surface area contributed by atoms with Crippen LogP contribution in [0.1, 0.15) is 35.9 Å². The van der Waals surface area contributed by atoms with Crippen molar-refractivity contribution in [2.75, 3.05) is 0 Å². The molecular formula is C21H20N4O3S. The number of nitro groups is 1. The van der Waals surface area contributed by atoms with E-state index in [1.165, 1.54) is 12.1 Å². The molecule has 1 fully saturated rings. The van der Waals surface area contributed by atoms with Crippen LogP contribution in [0.15, 0.2) is 53.8 Å². The molecule has 1 saturated carbocycles. The molecule has 1 N–H and O–H groups in total. The first-order valence-corrected chi connectivity index (χ1v) is 9.86. The molecule has 2 aliphatic rings. The zero-order valence-electron chi connectivity index (χ0n) is 15.8. The van der Waals surface area contributed by atoms with E-state index in [4.69, 9.17) is 12.6 Å². The Balaban J connectivity index is 1.91. The van der Waals surface area contributed by atoms with Crippen molar-refractivity contribution in [3.8, 4) is 6.07 Å². The predicted octanol–water partition coefficient (Wildman–Crippen LogP) is 2.71. The highest BCUT2D eigenvalue weighted by atomic mass is 32.1. The standard InChI is InChI=1S/C21H20N4O3S/c1-13-3-2-10-24(12-13)19-18(14-4-8-16(9-5-14)25(27)28)17(11-22)20(29)23-21(19,26)15-6-7-15/h2-5,8-10,12,15,17-19,26H,6-7H2,1H3/t17-,18+,19+,21-/m0/s1. The van der Waals surface area contributed by atoms with Crippen molar-refractivity contribution in [2.24, 2.45) is 16.8 Å².